The number of aromatic nitrogens is 1. The molecule has 0 saturated carbocycles. The summed E-state index contributed by atoms with van der Waals surface area (Å²) in [5.41, 5.74) is 8.05. The molecule has 18 heavy (non-hydrogen) atoms. The molecule has 0 bridgehead atoms. The second kappa shape index (κ2) is 5.93. The number of amides is 1. The number of benzene rings is 1. The minimum absolute atomic E-state index is 0.0883. The summed E-state index contributed by atoms with van der Waals surface area (Å²) in [6, 6.07) is 13.0. The molecule has 4 heteroatoms. The van der Waals surface area contributed by atoms with E-state index < -0.39 is 0 Å². The van der Waals surface area contributed by atoms with E-state index in [9.17, 15) is 4.79 Å². The van der Waals surface area contributed by atoms with Gasteiger partial charge in [0.2, 0.25) is 5.91 Å². The van der Waals surface area contributed by atoms with E-state index in [0.29, 0.717) is 6.54 Å². The van der Waals surface area contributed by atoms with E-state index in [1.165, 1.54) is 0 Å². The number of carbonyl (C=O) groups is 1. The molecule has 92 valence electrons. The zero-order valence-corrected chi connectivity index (χ0v) is 9.97. The molecule has 1 amide bonds. The summed E-state index contributed by atoms with van der Waals surface area (Å²) in [5.74, 6) is -0.0883. The van der Waals surface area contributed by atoms with Crippen molar-refractivity contribution in [3.63, 3.8) is 0 Å². The minimum atomic E-state index is -0.0883. The molecule has 0 spiro atoms. The third-order valence-electron chi connectivity index (χ3n) is 2.58. The summed E-state index contributed by atoms with van der Waals surface area (Å²) in [6.45, 7) is 0.403. The van der Waals surface area contributed by atoms with E-state index >= 15 is 0 Å². The lowest BCUT2D eigenvalue weighted by Crippen LogP contribution is -2.16. The Kier molecular flexibility index (Phi) is 4.04. The van der Waals surface area contributed by atoms with Crippen molar-refractivity contribution >= 4 is 11.6 Å². The maximum Gasteiger partial charge on any atom is 0.230 e. The van der Waals surface area contributed by atoms with E-state index in [1.54, 1.807) is 6.20 Å². The predicted octanol–water partition coefficient (Wildman–Crippen LogP) is 1.72. The molecule has 0 fully saturated rings. The van der Waals surface area contributed by atoms with Crippen LogP contribution in [0.1, 0.15) is 11.3 Å². The van der Waals surface area contributed by atoms with Crippen LogP contribution in [-0.4, -0.2) is 10.9 Å². The summed E-state index contributed by atoms with van der Waals surface area (Å²) >= 11 is 0. The Bertz CT molecular complexity index is 526. The quantitative estimate of drug-likeness (QED) is 0.856. The van der Waals surface area contributed by atoms with Gasteiger partial charge in [-0.05, 0) is 23.8 Å². The predicted molar refractivity (Wildman–Crippen MR) is 70.9 cm³/mol. The lowest BCUT2D eigenvalue weighted by molar-refractivity contribution is -0.115. The SMILES string of the molecule is NCc1ccccc1NC(=O)Cc1ccccn1. The lowest BCUT2D eigenvalue weighted by Gasteiger charge is -2.09. The standard InChI is InChI=1S/C14H15N3O/c15-10-11-5-1-2-7-13(11)17-14(18)9-12-6-3-4-8-16-12/h1-8H,9-10,15H2,(H,17,18). The molecule has 3 N–H and O–H groups in total. The van der Waals surface area contributed by atoms with Gasteiger partial charge in [-0.25, -0.2) is 0 Å². The Hall–Kier alpha value is -2.20. The van der Waals surface area contributed by atoms with E-state index in [1.807, 2.05) is 42.5 Å². The summed E-state index contributed by atoms with van der Waals surface area (Å²) in [6.07, 6.45) is 1.94. The first-order valence-corrected chi connectivity index (χ1v) is 5.77. The highest BCUT2D eigenvalue weighted by Crippen LogP contribution is 2.14. The number of para-hydroxylation sites is 1. The number of hydrogen-bond donors (Lipinski definition) is 2. The molecule has 0 radical (unpaired) electrons. The first-order valence-electron chi connectivity index (χ1n) is 5.77. The van der Waals surface area contributed by atoms with Crippen molar-refractivity contribution in [2.45, 2.75) is 13.0 Å². The van der Waals surface area contributed by atoms with Crippen molar-refractivity contribution in [3.05, 3.63) is 59.9 Å². The van der Waals surface area contributed by atoms with Gasteiger partial charge in [0.1, 0.15) is 0 Å². The fraction of sp³-hybridized carbons (Fsp3) is 0.143. The summed E-state index contributed by atoms with van der Waals surface area (Å²) in [7, 11) is 0. The van der Waals surface area contributed by atoms with Crippen LogP contribution in [0.3, 0.4) is 0 Å². The molecule has 2 rings (SSSR count). The lowest BCUT2D eigenvalue weighted by atomic mass is 10.1. The van der Waals surface area contributed by atoms with Gasteiger partial charge in [0.25, 0.3) is 0 Å². The molecule has 4 nitrogen and oxygen atoms in total. The summed E-state index contributed by atoms with van der Waals surface area (Å²) in [4.78, 5) is 16.0. The fourth-order valence-corrected chi connectivity index (χ4v) is 1.68. The molecular formula is C14H15N3O. The average molecular weight is 241 g/mol. The number of anilines is 1. The van der Waals surface area contributed by atoms with Gasteiger partial charge < -0.3 is 11.1 Å². The third kappa shape index (κ3) is 3.15. The van der Waals surface area contributed by atoms with Gasteiger partial charge in [-0.15, -0.1) is 0 Å². The van der Waals surface area contributed by atoms with Gasteiger partial charge in [0.15, 0.2) is 0 Å². The first-order chi connectivity index (χ1) is 8.79. The van der Waals surface area contributed by atoms with Crippen LogP contribution in [0.4, 0.5) is 5.69 Å². The Morgan fingerprint density at radius 1 is 1.17 bits per heavy atom. The maximum atomic E-state index is 11.9. The Morgan fingerprint density at radius 3 is 2.67 bits per heavy atom. The number of nitrogens with two attached hydrogens (primary N) is 1. The van der Waals surface area contributed by atoms with E-state index in [0.717, 1.165) is 16.9 Å². The smallest absolute Gasteiger partial charge is 0.230 e. The largest absolute Gasteiger partial charge is 0.326 e. The van der Waals surface area contributed by atoms with Gasteiger partial charge in [-0.2, -0.15) is 0 Å². The highest BCUT2D eigenvalue weighted by atomic mass is 16.1. The molecule has 2 aromatic rings. The highest BCUT2D eigenvalue weighted by Gasteiger charge is 2.06. The van der Waals surface area contributed by atoms with Crippen LogP contribution in [0.25, 0.3) is 0 Å². The Balaban J connectivity index is 2.03. The van der Waals surface area contributed by atoms with Crippen LogP contribution in [0, 0.1) is 0 Å². The molecule has 0 aliphatic carbocycles. The van der Waals surface area contributed by atoms with Crippen LogP contribution in [0.15, 0.2) is 48.7 Å². The number of nitrogens with zero attached hydrogens (tertiary/aromatic N) is 1. The van der Waals surface area contributed by atoms with Crippen molar-refractivity contribution in [1.82, 2.24) is 4.98 Å². The number of pyridine rings is 1. The number of carbonyl (C=O) groups excluding carboxylic acids is 1. The average Bonchev–Trinajstić information content (AvgIpc) is 2.40. The van der Waals surface area contributed by atoms with Gasteiger partial charge in [-0.3, -0.25) is 9.78 Å². The Morgan fingerprint density at radius 2 is 1.94 bits per heavy atom. The van der Waals surface area contributed by atoms with Crippen molar-refractivity contribution in [2.24, 2.45) is 5.73 Å². The number of nitrogens with one attached hydrogen (secondary N) is 1. The highest BCUT2D eigenvalue weighted by molar-refractivity contribution is 5.92. The molecule has 0 aliphatic heterocycles. The second-order valence-corrected chi connectivity index (χ2v) is 3.91. The van der Waals surface area contributed by atoms with Crippen LogP contribution in [-0.2, 0) is 17.8 Å². The summed E-state index contributed by atoms with van der Waals surface area (Å²) in [5, 5.41) is 2.85. The van der Waals surface area contributed by atoms with Crippen LogP contribution < -0.4 is 11.1 Å². The molecule has 0 aliphatic rings. The van der Waals surface area contributed by atoms with Crippen molar-refractivity contribution < 1.29 is 4.79 Å². The van der Waals surface area contributed by atoms with Crippen molar-refractivity contribution in [3.8, 4) is 0 Å². The van der Waals surface area contributed by atoms with Gasteiger partial charge in [0, 0.05) is 24.1 Å². The monoisotopic (exact) mass is 241 g/mol. The van der Waals surface area contributed by atoms with E-state index in [4.69, 9.17) is 5.73 Å². The van der Waals surface area contributed by atoms with Gasteiger partial charge in [-0.1, -0.05) is 24.3 Å². The van der Waals surface area contributed by atoms with Crippen LogP contribution in [0.2, 0.25) is 0 Å². The minimum Gasteiger partial charge on any atom is -0.326 e. The van der Waals surface area contributed by atoms with Crippen LogP contribution in [0.5, 0.6) is 0 Å². The number of hydrogen-bond acceptors (Lipinski definition) is 3. The molecule has 0 unspecified atom stereocenters. The molecule has 1 aromatic carbocycles. The van der Waals surface area contributed by atoms with E-state index in [2.05, 4.69) is 10.3 Å². The van der Waals surface area contributed by atoms with Crippen molar-refractivity contribution in [2.75, 3.05) is 5.32 Å². The number of rotatable bonds is 4. The zero-order valence-electron chi connectivity index (χ0n) is 9.97. The van der Waals surface area contributed by atoms with Crippen molar-refractivity contribution in [1.29, 1.82) is 0 Å². The Labute approximate surface area is 106 Å². The fourth-order valence-electron chi connectivity index (χ4n) is 1.68. The normalized spacial score (nSPS) is 10.1. The molecule has 1 aromatic heterocycles. The van der Waals surface area contributed by atoms with E-state index in [-0.39, 0.29) is 12.3 Å². The first kappa shape index (κ1) is 12.3. The molecule has 1 heterocycles. The zero-order chi connectivity index (χ0) is 12.8. The van der Waals surface area contributed by atoms with Crippen LogP contribution >= 0.6 is 0 Å². The second-order valence-electron chi connectivity index (χ2n) is 3.91. The summed E-state index contributed by atoms with van der Waals surface area (Å²) < 4.78 is 0. The third-order valence-corrected chi connectivity index (χ3v) is 2.58. The molecule has 0 saturated heterocycles. The molecular weight excluding hydrogens is 226 g/mol. The molecule has 0 atom stereocenters. The maximum absolute atomic E-state index is 11.9. The topological polar surface area (TPSA) is 68.0 Å². The van der Waals surface area contributed by atoms with Gasteiger partial charge in [0.05, 0.1) is 6.42 Å². The van der Waals surface area contributed by atoms with Gasteiger partial charge >= 0.3 is 0 Å².